The molecule has 35 heavy (non-hydrogen) atoms. The lowest BCUT2D eigenvalue weighted by Gasteiger charge is -2.31. The molecule has 3 aromatic carbocycles. The monoisotopic (exact) mass is 574 g/mol. The van der Waals surface area contributed by atoms with E-state index < -0.39 is 34.6 Å². The van der Waals surface area contributed by atoms with E-state index in [1.54, 1.807) is 43.3 Å². The molecule has 4 rings (SSSR count). The van der Waals surface area contributed by atoms with E-state index in [4.69, 9.17) is 0 Å². The van der Waals surface area contributed by atoms with Crippen LogP contribution >= 0.6 is 27.9 Å². The Bertz CT molecular complexity index is 1340. The number of carbonyl (C=O) groups is 1. The molecule has 1 N–H and O–H groups in total. The molecule has 184 valence electrons. The highest BCUT2D eigenvalue weighted by atomic mass is 79.9. The van der Waals surface area contributed by atoms with E-state index >= 15 is 0 Å². The molecule has 0 saturated heterocycles. The fraction of sp³-hybridized carbons (Fsp3) is 0.250. The van der Waals surface area contributed by atoms with Gasteiger partial charge in [0.1, 0.15) is 0 Å². The van der Waals surface area contributed by atoms with Gasteiger partial charge in [-0.15, -0.1) is 0 Å². The Labute approximate surface area is 209 Å². The second-order valence-corrected chi connectivity index (χ2v) is 9.98. The summed E-state index contributed by atoms with van der Waals surface area (Å²) in [6, 6.07) is 12.4. The molecule has 1 aliphatic rings. The zero-order valence-electron chi connectivity index (χ0n) is 18.0. The van der Waals surface area contributed by atoms with E-state index in [0.717, 1.165) is 12.1 Å². The molecule has 11 heteroatoms. The lowest BCUT2D eigenvalue weighted by Crippen LogP contribution is -2.39. The summed E-state index contributed by atoms with van der Waals surface area (Å²) in [6.07, 6.45) is -10.0. The van der Waals surface area contributed by atoms with Crippen LogP contribution < -0.4 is 5.32 Å². The van der Waals surface area contributed by atoms with Crippen LogP contribution in [0.5, 0.6) is 0 Å². The zero-order valence-corrected chi connectivity index (χ0v) is 20.4. The van der Waals surface area contributed by atoms with E-state index in [1.807, 2.05) is 0 Å². The third-order valence-electron chi connectivity index (χ3n) is 5.69. The highest BCUT2D eigenvalue weighted by Crippen LogP contribution is 2.57. The summed E-state index contributed by atoms with van der Waals surface area (Å²) in [5.74, 6) is -0.180. The maximum absolute atomic E-state index is 14.4. The summed E-state index contributed by atoms with van der Waals surface area (Å²) < 4.78 is 84.4. The SMILES string of the molecule is CCC(=O)Nc1cccc2cc(C3=NSC(c4cc(Br)cc(C(F)(F)F)c4)(C(F)(F)F)C3)ccc12. The molecular weight excluding hydrogens is 558 g/mol. The third-order valence-corrected chi connectivity index (χ3v) is 7.38. The van der Waals surface area contributed by atoms with Crippen molar-refractivity contribution >= 4 is 56.0 Å². The van der Waals surface area contributed by atoms with Gasteiger partial charge >= 0.3 is 12.4 Å². The van der Waals surface area contributed by atoms with Crippen molar-refractivity contribution in [3.05, 3.63) is 75.8 Å². The number of nitrogens with zero attached hydrogens (tertiary/aromatic N) is 1. The van der Waals surface area contributed by atoms with E-state index in [0.29, 0.717) is 28.1 Å². The summed E-state index contributed by atoms with van der Waals surface area (Å²) in [5.41, 5.74) is -0.596. The highest BCUT2D eigenvalue weighted by molar-refractivity contribution is 9.10. The molecule has 1 unspecified atom stereocenters. The number of nitrogens with one attached hydrogen (secondary N) is 1. The number of hydrogen-bond acceptors (Lipinski definition) is 3. The van der Waals surface area contributed by atoms with Crippen molar-refractivity contribution in [2.24, 2.45) is 4.40 Å². The molecule has 3 aromatic rings. The molecule has 0 radical (unpaired) electrons. The van der Waals surface area contributed by atoms with Gasteiger partial charge in [0.2, 0.25) is 5.91 Å². The Morgan fingerprint density at radius 1 is 1.09 bits per heavy atom. The first-order valence-corrected chi connectivity index (χ1v) is 11.9. The maximum atomic E-state index is 14.4. The Hall–Kier alpha value is -2.53. The van der Waals surface area contributed by atoms with Crippen LogP contribution in [0.25, 0.3) is 10.8 Å². The van der Waals surface area contributed by atoms with Gasteiger partial charge in [0.25, 0.3) is 0 Å². The summed E-state index contributed by atoms with van der Waals surface area (Å²) >= 11 is 3.13. The number of hydrogen-bond donors (Lipinski definition) is 1. The number of halogens is 7. The molecular formula is C24H17BrF6N2OS. The second kappa shape index (κ2) is 9.16. The zero-order chi connectivity index (χ0) is 25.6. The standard InChI is InChI=1S/C24H17BrF6N2OS/c1-2-21(34)32-19-5-3-4-13-8-14(6-7-18(13)19)20-12-22(35-33-20,24(29,30)31)15-9-16(23(26,27)28)11-17(25)10-15/h3-11H,2,12H2,1H3,(H,32,34). The quantitative estimate of drug-likeness (QED) is 0.251. The molecule has 0 fully saturated rings. The highest BCUT2D eigenvalue weighted by Gasteiger charge is 2.60. The molecule has 3 nitrogen and oxygen atoms in total. The van der Waals surface area contributed by atoms with Gasteiger partial charge in [-0.05, 0) is 58.8 Å². The molecule has 0 spiro atoms. The van der Waals surface area contributed by atoms with Gasteiger partial charge in [-0.2, -0.15) is 26.3 Å². The van der Waals surface area contributed by atoms with E-state index in [2.05, 4.69) is 25.6 Å². The molecule has 0 aliphatic carbocycles. The predicted molar refractivity (Wildman–Crippen MR) is 128 cm³/mol. The summed E-state index contributed by atoms with van der Waals surface area (Å²) in [4.78, 5) is 11.8. The van der Waals surface area contributed by atoms with Gasteiger partial charge in [-0.1, -0.05) is 47.1 Å². The average Bonchev–Trinajstić information content (AvgIpc) is 3.25. The van der Waals surface area contributed by atoms with Crippen LogP contribution in [0.2, 0.25) is 0 Å². The van der Waals surface area contributed by atoms with Gasteiger partial charge in [-0.3, -0.25) is 4.79 Å². The molecule has 0 aromatic heterocycles. The molecule has 0 saturated carbocycles. The minimum Gasteiger partial charge on any atom is -0.326 e. The Balaban J connectivity index is 1.73. The number of alkyl halides is 6. The smallest absolute Gasteiger partial charge is 0.326 e. The Kier molecular flexibility index (Phi) is 6.69. The molecule has 0 bridgehead atoms. The molecule has 1 atom stereocenters. The van der Waals surface area contributed by atoms with E-state index in [9.17, 15) is 31.1 Å². The lowest BCUT2D eigenvalue weighted by molar-refractivity contribution is -0.160. The third kappa shape index (κ3) is 4.93. The van der Waals surface area contributed by atoms with Crippen LogP contribution in [0.3, 0.4) is 0 Å². The maximum Gasteiger partial charge on any atom is 0.416 e. The van der Waals surface area contributed by atoms with Crippen LogP contribution in [0.15, 0.2) is 63.5 Å². The van der Waals surface area contributed by atoms with Crippen LogP contribution in [-0.4, -0.2) is 17.8 Å². The minimum atomic E-state index is -4.87. The summed E-state index contributed by atoms with van der Waals surface area (Å²) in [7, 11) is 0. The van der Waals surface area contributed by atoms with Crippen molar-refractivity contribution in [1.82, 2.24) is 0 Å². The predicted octanol–water partition coefficient (Wildman–Crippen LogP) is 8.27. The Morgan fingerprint density at radius 2 is 1.83 bits per heavy atom. The van der Waals surface area contributed by atoms with Gasteiger partial charge in [0.05, 0.1) is 11.3 Å². The van der Waals surface area contributed by atoms with Crippen LogP contribution in [0.1, 0.15) is 36.5 Å². The van der Waals surface area contributed by atoms with Crippen molar-refractivity contribution in [3.8, 4) is 0 Å². The van der Waals surface area contributed by atoms with Gasteiger partial charge in [-0.25, -0.2) is 4.40 Å². The number of fused-ring (bicyclic) bond motifs is 1. The van der Waals surface area contributed by atoms with Gasteiger partial charge in [0, 0.05) is 28.4 Å². The normalized spacial score (nSPS) is 18.6. The number of amides is 1. The first kappa shape index (κ1) is 25.6. The first-order valence-electron chi connectivity index (χ1n) is 10.4. The van der Waals surface area contributed by atoms with E-state index in [-0.39, 0.29) is 34.5 Å². The van der Waals surface area contributed by atoms with Crippen molar-refractivity contribution in [2.45, 2.75) is 36.9 Å². The fourth-order valence-electron chi connectivity index (χ4n) is 3.86. The van der Waals surface area contributed by atoms with Crippen molar-refractivity contribution < 1.29 is 31.1 Å². The fourth-order valence-corrected chi connectivity index (χ4v) is 5.31. The number of rotatable bonds is 4. The second-order valence-electron chi connectivity index (χ2n) is 8.00. The van der Waals surface area contributed by atoms with E-state index in [1.165, 1.54) is 0 Å². The lowest BCUT2D eigenvalue weighted by atomic mass is 9.88. The van der Waals surface area contributed by atoms with Crippen molar-refractivity contribution in [3.63, 3.8) is 0 Å². The number of carbonyl (C=O) groups excluding carboxylic acids is 1. The largest absolute Gasteiger partial charge is 0.416 e. The molecule has 1 amide bonds. The molecule has 1 aliphatic heterocycles. The number of anilines is 1. The van der Waals surface area contributed by atoms with Crippen molar-refractivity contribution in [1.29, 1.82) is 0 Å². The number of benzene rings is 3. The molecule has 1 heterocycles. The Morgan fingerprint density at radius 3 is 2.49 bits per heavy atom. The topological polar surface area (TPSA) is 41.5 Å². The average molecular weight is 575 g/mol. The van der Waals surface area contributed by atoms with Crippen LogP contribution in [-0.2, 0) is 15.7 Å². The first-order chi connectivity index (χ1) is 16.3. The summed E-state index contributed by atoms with van der Waals surface area (Å²) in [6.45, 7) is 1.71. The van der Waals surface area contributed by atoms with Crippen LogP contribution in [0.4, 0.5) is 32.0 Å². The van der Waals surface area contributed by atoms with Crippen molar-refractivity contribution in [2.75, 3.05) is 5.32 Å². The summed E-state index contributed by atoms with van der Waals surface area (Å²) in [5, 5.41) is 4.16. The van der Waals surface area contributed by atoms with Crippen LogP contribution in [0, 0.1) is 0 Å². The minimum absolute atomic E-state index is 0.104. The van der Waals surface area contributed by atoms with Gasteiger partial charge in [0.15, 0.2) is 4.75 Å². The van der Waals surface area contributed by atoms with Gasteiger partial charge < -0.3 is 5.32 Å².